The molecule has 0 spiro atoms. The summed E-state index contributed by atoms with van der Waals surface area (Å²) in [5.74, 6) is -2.44. The van der Waals surface area contributed by atoms with Crippen LogP contribution in [0.3, 0.4) is 0 Å². The molecule has 0 aliphatic heterocycles. The summed E-state index contributed by atoms with van der Waals surface area (Å²) in [6.45, 7) is 3.90. The number of alkyl halides is 3. The van der Waals surface area contributed by atoms with E-state index in [1.807, 2.05) is 13.8 Å². The molecule has 14 heteroatoms. The van der Waals surface area contributed by atoms with E-state index in [1.165, 1.54) is 28.8 Å². The zero-order valence-corrected chi connectivity index (χ0v) is 22.5. The lowest BCUT2D eigenvalue weighted by atomic mass is 9.81. The highest BCUT2D eigenvalue weighted by Crippen LogP contribution is 2.40. The van der Waals surface area contributed by atoms with Crippen LogP contribution in [0.1, 0.15) is 62.7 Å². The van der Waals surface area contributed by atoms with Crippen LogP contribution in [0.5, 0.6) is 0 Å². The number of amides is 1. The molecule has 1 amide bonds. The Kier molecular flexibility index (Phi) is 9.06. The van der Waals surface area contributed by atoms with Gasteiger partial charge in [0.2, 0.25) is 11.2 Å². The Hall–Kier alpha value is -3.45. The normalized spacial score (nSPS) is 18.5. The molecule has 5 N–H and O–H groups in total. The number of hydrogen-bond acceptors (Lipinski definition) is 7. The predicted molar refractivity (Wildman–Crippen MR) is 139 cm³/mol. The second kappa shape index (κ2) is 11.7. The van der Waals surface area contributed by atoms with E-state index in [0.29, 0.717) is 17.2 Å². The number of carbonyl (C=O) groups excluding carboxylic acids is 1. The molecule has 1 aliphatic carbocycles. The molecule has 39 heavy (non-hydrogen) atoms. The molecule has 0 unspecified atom stereocenters. The summed E-state index contributed by atoms with van der Waals surface area (Å²) in [5.41, 5.74) is 1.77. The smallest absolute Gasteiger partial charge is 0.413 e. The van der Waals surface area contributed by atoms with Gasteiger partial charge in [0.1, 0.15) is 0 Å². The van der Waals surface area contributed by atoms with Gasteiger partial charge in [-0.3, -0.25) is 9.59 Å². The van der Waals surface area contributed by atoms with Crippen LogP contribution in [0.25, 0.3) is 5.78 Å². The quantitative estimate of drug-likeness (QED) is 0.325. The first kappa shape index (κ1) is 30.1. The van der Waals surface area contributed by atoms with Crippen LogP contribution in [0.2, 0.25) is 5.28 Å². The van der Waals surface area contributed by atoms with E-state index in [1.54, 1.807) is 6.20 Å². The van der Waals surface area contributed by atoms with Crippen molar-refractivity contribution >= 4 is 40.6 Å². The zero-order chi connectivity index (χ0) is 27.8. The van der Waals surface area contributed by atoms with Crippen molar-refractivity contribution in [2.45, 2.75) is 57.7 Å². The number of hydrogen-bond donors (Lipinski definition) is 3. The molecule has 3 aromatic rings. The fourth-order valence-corrected chi connectivity index (χ4v) is 5.17. The van der Waals surface area contributed by atoms with Crippen molar-refractivity contribution in [3.05, 3.63) is 47.0 Å². The van der Waals surface area contributed by atoms with Crippen molar-refractivity contribution in [3.63, 3.8) is 0 Å². The van der Waals surface area contributed by atoms with E-state index in [-0.39, 0.29) is 48.6 Å². The number of aliphatic carboxylic acids is 1. The van der Waals surface area contributed by atoms with Crippen molar-refractivity contribution in [1.82, 2.24) is 30.6 Å². The Labute approximate surface area is 228 Å². The standard InChI is InChI=1S/C25H28ClF3N6O3.H3N/c1-13(2)19-18(12-30-24-32-23(26)33-35(19)24)31-17-10-8-14(9-11-17)20(25(27,28)29)34(3)21(36)15-4-6-16(7-5-15)22(37)38;/h8-13,15-16,20,31H,4-7H2,1-3H3,(H,37,38);1H3/t15?,16?,20-;/m0./s1. The highest BCUT2D eigenvalue weighted by Gasteiger charge is 2.46. The number of fused-ring (bicyclic) bond motifs is 1. The Morgan fingerprint density at radius 1 is 1.13 bits per heavy atom. The largest absolute Gasteiger partial charge is 0.481 e. The number of aromatic nitrogens is 4. The minimum atomic E-state index is -4.70. The Bertz CT molecular complexity index is 1320. The van der Waals surface area contributed by atoms with E-state index in [2.05, 4.69) is 20.4 Å². The van der Waals surface area contributed by atoms with Crippen LogP contribution >= 0.6 is 11.6 Å². The third-order valence-corrected chi connectivity index (χ3v) is 7.06. The highest BCUT2D eigenvalue weighted by molar-refractivity contribution is 6.28. The molecule has 4 rings (SSSR count). The van der Waals surface area contributed by atoms with Gasteiger partial charge in [0.15, 0.2) is 6.04 Å². The molecule has 1 aliphatic rings. The van der Waals surface area contributed by atoms with Crippen LogP contribution in [-0.2, 0) is 9.59 Å². The molecule has 0 bridgehead atoms. The molecule has 212 valence electrons. The van der Waals surface area contributed by atoms with Crippen LogP contribution < -0.4 is 11.5 Å². The van der Waals surface area contributed by atoms with Gasteiger partial charge in [-0.2, -0.15) is 22.7 Å². The number of nitrogens with zero attached hydrogens (tertiary/aromatic N) is 5. The molecule has 2 aromatic heterocycles. The number of carboxylic acids is 1. The molecule has 0 saturated heterocycles. The van der Waals surface area contributed by atoms with E-state index in [4.69, 9.17) is 16.7 Å². The molecule has 1 aromatic carbocycles. The third-order valence-electron chi connectivity index (χ3n) is 6.90. The Balaban J connectivity index is 0.00000420. The number of nitrogens with one attached hydrogen (secondary N) is 1. The maximum atomic E-state index is 14.2. The SMILES string of the molecule is CC(C)c1c(Nc2ccc([C@H](N(C)C(=O)C3CCC(C(=O)O)CC3)C(F)(F)F)cc2)cnc2nc(Cl)nn12.N. The summed E-state index contributed by atoms with van der Waals surface area (Å²) in [4.78, 5) is 33.2. The van der Waals surface area contributed by atoms with E-state index in [9.17, 15) is 22.8 Å². The van der Waals surface area contributed by atoms with Gasteiger partial charge >= 0.3 is 12.1 Å². The highest BCUT2D eigenvalue weighted by atomic mass is 35.5. The average molecular weight is 570 g/mol. The lowest BCUT2D eigenvalue weighted by Crippen LogP contribution is -2.43. The van der Waals surface area contributed by atoms with Gasteiger partial charge in [-0.1, -0.05) is 26.0 Å². The lowest BCUT2D eigenvalue weighted by molar-refractivity contribution is -0.191. The van der Waals surface area contributed by atoms with Crippen molar-refractivity contribution < 1.29 is 27.9 Å². The average Bonchev–Trinajstić information content (AvgIpc) is 3.23. The summed E-state index contributed by atoms with van der Waals surface area (Å²) in [5, 5.41) is 16.5. The number of carbonyl (C=O) groups is 2. The van der Waals surface area contributed by atoms with Crippen molar-refractivity contribution in [3.8, 4) is 0 Å². The molecular formula is C25H31ClF3N7O3. The van der Waals surface area contributed by atoms with Crippen molar-refractivity contribution in [2.75, 3.05) is 12.4 Å². The molecule has 1 fully saturated rings. The number of anilines is 2. The molecule has 1 saturated carbocycles. The van der Waals surface area contributed by atoms with Gasteiger partial charge in [0.05, 0.1) is 23.5 Å². The second-order valence-electron chi connectivity index (χ2n) is 9.83. The molecular weight excluding hydrogens is 539 g/mol. The number of rotatable bonds is 7. The maximum Gasteiger partial charge on any atom is 0.413 e. The van der Waals surface area contributed by atoms with Crippen LogP contribution in [-0.4, -0.2) is 54.7 Å². The third kappa shape index (κ3) is 6.41. The molecule has 10 nitrogen and oxygen atoms in total. The topological polar surface area (TPSA) is 148 Å². The second-order valence-corrected chi connectivity index (χ2v) is 10.2. The lowest BCUT2D eigenvalue weighted by Gasteiger charge is -2.35. The Morgan fingerprint density at radius 3 is 2.26 bits per heavy atom. The fraction of sp³-hybridized carbons (Fsp3) is 0.480. The molecule has 2 heterocycles. The predicted octanol–water partition coefficient (Wildman–Crippen LogP) is 5.76. The molecule has 0 radical (unpaired) electrons. The van der Waals surface area contributed by atoms with Gasteiger partial charge in [0, 0.05) is 18.7 Å². The first-order valence-corrected chi connectivity index (χ1v) is 12.6. The van der Waals surface area contributed by atoms with E-state index in [0.717, 1.165) is 17.6 Å². The zero-order valence-electron chi connectivity index (χ0n) is 21.7. The fourth-order valence-electron chi connectivity index (χ4n) is 5.02. The summed E-state index contributed by atoms with van der Waals surface area (Å²) in [7, 11) is 1.15. The number of halogens is 4. The van der Waals surface area contributed by atoms with Crippen LogP contribution in [0.4, 0.5) is 24.5 Å². The first-order chi connectivity index (χ1) is 17.9. The van der Waals surface area contributed by atoms with E-state index >= 15 is 0 Å². The van der Waals surface area contributed by atoms with Gasteiger partial charge in [-0.15, -0.1) is 5.10 Å². The number of carboxylic acid groups (broad SMARTS) is 1. The van der Waals surface area contributed by atoms with Gasteiger partial charge in [-0.25, -0.2) is 4.98 Å². The number of benzene rings is 1. The minimum Gasteiger partial charge on any atom is -0.481 e. The summed E-state index contributed by atoms with van der Waals surface area (Å²) in [6, 6.07) is 3.54. The summed E-state index contributed by atoms with van der Waals surface area (Å²) >= 11 is 5.93. The van der Waals surface area contributed by atoms with Gasteiger partial charge in [0.25, 0.3) is 5.78 Å². The van der Waals surface area contributed by atoms with Crippen LogP contribution in [0, 0.1) is 11.8 Å². The van der Waals surface area contributed by atoms with Crippen molar-refractivity contribution in [2.24, 2.45) is 11.8 Å². The first-order valence-electron chi connectivity index (χ1n) is 12.2. The van der Waals surface area contributed by atoms with Crippen LogP contribution in [0.15, 0.2) is 30.5 Å². The van der Waals surface area contributed by atoms with Gasteiger partial charge in [-0.05, 0) is 60.9 Å². The maximum absolute atomic E-state index is 14.2. The van der Waals surface area contributed by atoms with E-state index < -0.39 is 35.9 Å². The summed E-state index contributed by atoms with van der Waals surface area (Å²) in [6.07, 6.45) is -2.09. The van der Waals surface area contributed by atoms with Crippen molar-refractivity contribution in [1.29, 1.82) is 0 Å². The minimum absolute atomic E-state index is 0. The van der Waals surface area contributed by atoms with Gasteiger partial charge < -0.3 is 21.5 Å². The summed E-state index contributed by atoms with van der Waals surface area (Å²) < 4.78 is 44.0. The Morgan fingerprint density at radius 2 is 1.72 bits per heavy atom. The molecule has 1 atom stereocenters. The monoisotopic (exact) mass is 569 g/mol.